The summed E-state index contributed by atoms with van der Waals surface area (Å²) in [6.07, 6.45) is 7.34. The monoisotopic (exact) mass is 394 g/mol. The Morgan fingerprint density at radius 3 is 2.50 bits per heavy atom. The topological polar surface area (TPSA) is 46.4 Å². The summed E-state index contributed by atoms with van der Waals surface area (Å²) >= 11 is 1.53. The number of rotatable bonds is 3. The van der Waals surface area contributed by atoms with Gasteiger partial charge in [-0.05, 0) is 43.1 Å². The molecule has 1 aliphatic heterocycles. The minimum Gasteiger partial charge on any atom is -0.344 e. The van der Waals surface area contributed by atoms with Gasteiger partial charge in [0.2, 0.25) is 0 Å². The van der Waals surface area contributed by atoms with Crippen LogP contribution < -0.4 is 9.80 Å². The number of quaternary nitrogens is 1. The van der Waals surface area contributed by atoms with Gasteiger partial charge in [0.15, 0.2) is 5.82 Å². The van der Waals surface area contributed by atoms with Gasteiger partial charge in [-0.3, -0.25) is 0 Å². The van der Waals surface area contributed by atoms with Crippen LogP contribution in [0.25, 0.3) is 21.5 Å². The van der Waals surface area contributed by atoms with Crippen molar-refractivity contribution in [3.63, 3.8) is 0 Å². The molecule has 2 aliphatic rings. The smallest absolute Gasteiger partial charge is 0.152 e. The SMILES string of the molecule is CC1CCC([NH+]2CCN(c3ncnc4c(-c5ccccc5)nsc34)CC2)CC1. The lowest BCUT2D eigenvalue weighted by Gasteiger charge is -2.39. The summed E-state index contributed by atoms with van der Waals surface area (Å²) in [5, 5.41) is 0. The minimum absolute atomic E-state index is 0.872. The molecule has 1 saturated carbocycles. The van der Waals surface area contributed by atoms with Crippen LogP contribution in [0.5, 0.6) is 0 Å². The largest absolute Gasteiger partial charge is 0.344 e. The van der Waals surface area contributed by atoms with E-state index in [0.717, 1.165) is 52.3 Å². The fourth-order valence-corrected chi connectivity index (χ4v) is 5.72. The first-order valence-corrected chi connectivity index (χ1v) is 11.3. The highest BCUT2D eigenvalue weighted by atomic mass is 32.1. The molecule has 0 unspecified atom stereocenters. The molecule has 146 valence electrons. The number of hydrogen-bond donors (Lipinski definition) is 1. The van der Waals surface area contributed by atoms with Gasteiger partial charge in [0, 0.05) is 5.56 Å². The van der Waals surface area contributed by atoms with Gasteiger partial charge in [0.1, 0.15) is 22.2 Å². The summed E-state index contributed by atoms with van der Waals surface area (Å²) in [7, 11) is 0. The van der Waals surface area contributed by atoms with Crippen molar-refractivity contribution >= 4 is 27.6 Å². The molecule has 1 aromatic carbocycles. The summed E-state index contributed by atoms with van der Waals surface area (Å²) in [5.41, 5.74) is 3.08. The second kappa shape index (κ2) is 7.76. The Hall–Kier alpha value is -2.05. The molecule has 5 rings (SSSR count). The fraction of sp³-hybridized carbons (Fsp3) is 0.500. The third-order valence-corrected chi connectivity index (χ3v) is 7.42. The van der Waals surface area contributed by atoms with Crippen molar-refractivity contribution in [2.45, 2.75) is 38.6 Å². The quantitative estimate of drug-likeness (QED) is 0.742. The summed E-state index contributed by atoms with van der Waals surface area (Å²) in [5.74, 6) is 2.00. The number of anilines is 1. The Morgan fingerprint density at radius 1 is 1.00 bits per heavy atom. The lowest BCUT2D eigenvalue weighted by atomic mass is 9.86. The van der Waals surface area contributed by atoms with E-state index in [0.29, 0.717) is 0 Å². The number of piperazine rings is 1. The van der Waals surface area contributed by atoms with Crippen LogP contribution in [0.3, 0.4) is 0 Å². The summed E-state index contributed by atoms with van der Waals surface area (Å²) < 4.78 is 5.85. The fourth-order valence-electron chi connectivity index (χ4n) is 4.84. The maximum Gasteiger partial charge on any atom is 0.152 e. The van der Waals surface area contributed by atoms with Crippen LogP contribution >= 0.6 is 11.5 Å². The first kappa shape index (κ1) is 18.0. The number of nitrogens with one attached hydrogen (secondary N) is 1. The van der Waals surface area contributed by atoms with Gasteiger partial charge in [0.05, 0.1) is 32.2 Å². The van der Waals surface area contributed by atoms with E-state index in [1.807, 2.05) is 11.0 Å². The van der Waals surface area contributed by atoms with Crippen LogP contribution in [0.4, 0.5) is 5.82 Å². The summed E-state index contributed by atoms with van der Waals surface area (Å²) in [6.45, 7) is 6.99. The Balaban J connectivity index is 1.34. The lowest BCUT2D eigenvalue weighted by molar-refractivity contribution is -0.927. The van der Waals surface area contributed by atoms with Crippen LogP contribution in [0, 0.1) is 5.92 Å². The molecule has 3 heterocycles. The normalized spacial score (nSPS) is 24.0. The highest BCUT2D eigenvalue weighted by Gasteiger charge is 2.31. The molecule has 0 bridgehead atoms. The highest BCUT2D eigenvalue weighted by Crippen LogP contribution is 2.34. The lowest BCUT2D eigenvalue weighted by Crippen LogP contribution is -3.18. The van der Waals surface area contributed by atoms with Crippen molar-refractivity contribution in [3.05, 3.63) is 36.7 Å². The molecule has 0 radical (unpaired) electrons. The maximum atomic E-state index is 4.72. The zero-order valence-corrected chi connectivity index (χ0v) is 17.3. The summed E-state index contributed by atoms with van der Waals surface area (Å²) in [4.78, 5) is 13.5. The van der Waals surface area contributed by atoms with E-state index >= 15 is 0 Å². The number of hydrogen-bond acceptors (Lipinski definition) is 5. The van der Waals surface area contributed by atoms with Crippen molar-refractivity contribution in [3.8, 4) is 11.3 Å². The molecule has 1 aliphatic carbocycles. The molecule has 5 nitrogen and oxygen atoms in total. The molecule has 3 aromatic rings. The number of fused-ring (bicyclic) bond motifs is 1. The Bertz CT molecular complexity index is 925. The zero-order valence-electron chi connectivity index (χ0n) is 16.5. The zero-order chi connectivity index (χ0) is 18.9. The highest BCUT2D eigenvalue weighted by molar-refractivity contribution is 7.14. The molecule has 2 aromatic heterocycles. The molecular weight excluding hydrogens is 366 g/mol. The maximum absolute atomic E-state index is 4.72. The van der Waals surface area contributed by atoms with Gasteiger partial charge < -0.3 is 9.80 Å². The van der Waals surface area contributed by atoms with Gasteiger partial charge in [-0.25, -0.2) is 9.97 Å². The summed E-state index contributed by atoms with van der Waals surface area (Å²) in [6, 6.07) is 11.2. The predicted molar refractivity (Wildman–Crippen MR) is 115 cm³/mol. The molecule has 6 heteroatoms. The Kier molecular flexibility index (Phi) is 4.99. The third-order valence-electron chi connectivity index (χ3n) is 6.58. The Morgan fingerprint density at radius 2 is 1.75 bits per heavy atom. The van der Waals surface area contributed by atoms with Crippen molar-refractivity contribution in [1.82, 2.24) is 14.3 Å². The van der Waals surface area contributed by atoms with E-state index in [4.69, 9.17) is 4.37 Å². The van der Waals surface area contributed by atoms with Gasteiger partial charge in [0.25, 0.3) is 0 Å². The molecule has 2 fully saturated rings. The molecule has 0 atom stereocenters. The third kappa shape index (κ3) is 3.40. The molecule has 0 spiro atoms. The van der Waals surface area contributed by atoms with Gasteiger partial charge in [-0.1, -0.05) is 37.3 Å². The molecular formula is C22H28N5S+. The number of benzene rings is 1. The Labute approximate surface area is 170 Å². The van der Waals surface area contributed by atoms with Crippen LogP contribution in [0.15, 0.2) is 36.7 Å². The van der Waals surface area contributed by atoms with Gasteiger partial charge in [-0.15, -0.1) is 0 Å². The van der Waals surface area contributed by atoms with E-state index < -0.39 is 0 Å². The minimum atomic E-state index is 0.872. The molecule has 1 N–H and O–H groups in total. The average Bonchev–Trinajstić information content (AvgIpc) is 3.19. The second-order valence-corrected chi connectivity index (χ2v) is 9.15. The van der Waals surface area contributed by atoms with Crippen molar-refractivity contribution < 1.29 is 4.90 Å². The van der Waals surface area contributed by atoms with Crippen molar-refractivity contribution in [2.75, 3.05) is 31.1 Å². The van der Waals surface area contributed by atoms with Crippen molar-refractivity contribution in [1.29, 1.82) is 0 Å². The molecule has 0 amide bonds. The van der Waals surface area contributed by atoms with E-state index in [1.54, 1.807) is 6.33 Å². The number of nitrogens with zero attached hydrogens (tertiary/aromatic N) is 4. The predicted octanol–water partition coefficient (Wildman–Crippen LogP) is 3.04. The average molecular weight is 395 g/mol. The van der Waals surface area contributed by atoms with E-state index in [9.17, 15) is 0 Å². The van der Waals surface area contributed by atoms with E-state index in [-0.39, 0.29) is 0 Å². The molecule has 28 heavy (non-hydrogen) atoms. The van der Waals surface area contributed by atoms with Crippen LogP contribution in [-0.4, -0.2) is 46.6 Å². The van der Waals surface area contributed by atoms with E-state index in [2.05, 4.69) is 46.1 Å². The first-order chi connectivity index (χ1) is 13.8. The first-order valence-electron chi connectivity index (χ1n) is 10.5. The van der Waals surface area contributed by atoms with Gasteiger partial charge >= 0.3 is 0 Å². The second-order valence-electron chi connectivity index (χ2n) is 8.37. The van der Waals surface area contributed by atoms with Crippen LogP contribution in [0.2, 0.25) is 0 Å². The van der Waals surface area contributed by atoms with Crippen LogP contribution in [0.1, 0.15) is 32.6 Å². The number of aromatic nitrogens is 3. The van der Waals surface area contributed by atoms with Crippen molar-refractivity contribution in [2.24, 2.45) is 5.92 Å². The standard InChI is InChI=1S/C22H27N5S/c1-16-7-9-18(10-8-16)26-11-13-27(14-12-26)22-21-20(23-15-24-22)19(25-28-21)17-5-3-2-4-6-17/h2-6,15-16,18H,7-14H2,1H3/p+1. The van der Waals surface area contributed by atoms with Crippen LogP contribution in [-0.2, 0) is 0 Å². The molecule has 1 saturated heterocycles. The van der Waals surface area contributed by atoms with E-state index in [1.165, 1.54) is 50.3 Å². The van der Waals surface area contributed by atoms with Gasteiger partial charge in [-0.2, -0.15) is 4.37 Å².